The number of aryl methyl sites for hydroxylation is 4. The van der Waals surface area contributed by atoms with Crippen molar-refractivity contribution in [2.24, 2.45) is 0 Å². The van der Waals surface area contributed by atoms with Gasteiger partial charge in [-0.05, 0) is 74.9 Å². The molecular formula is C27H36ClN3O2. The Kier molecular flexibility index (Phi) is 9.61. The fourth-order valence-electron chi connectivity index (χ4n) is 4.05. The summed E-state index contributed by atoms with van der Waals surface area (Å²) in [6.45, 7) is 8.28. The van der Waals surface area contributed by atoms with Gasteiger partial charge in [-0.25, -0.2) is 4.98 Å². The van der Waals surface area contributed by atoms with Crippen LogP contribution in [0.5, 0.6) is 5.75 Å². The number of hydrogen-bond donors (Lipinski definition) is 1. The number of para-hydroxylation sites is 2. The first-order valence-corrected chi connectivity index (χ1v) is 12.5. The number of carbonyl (C=O) groups excluding carboxylic acids is 1. The van der Waals surface area contributed by atoms with Gasteiger partial charge in [0, 0.05) is 31.0 Å². The van der Waals surface area contributed by atoms with Gasteiger partial charge in [-0.2, -0.15) is 0 Å². The zero-order valence-electron chi connectivity index (χ0n) is 20.1. The number of ether oxygens (including phenoxy) is 1. The summed E-state index contributed by atoms with van der Waals surface area (Å²) in [5, 5.41) is 3.76. The molecule has 33 heavy (non-hydrogen) atoms. The molecule has 0 aliphatic carbocycles. The molecule has 0 saturated heterocycles. The van der Waals surface area contributed by atoms with E-state index < -0.39 is 0 Å². The first-order valence-electron chi connectivity index (χ1n) is 12.1. The minimum Gasteiger partial charge on any atom is -0.494 e. The molecule has 0 fully saturated rings. The average Bonchev–Trinajstić information content (AvgIpc) is 3.16. The predicted molar refractivity (Wildman–Crippen MR) is 136 cm³/mol. The van der Waals surface area contributed by atoms with Crippen LogP contribution in [0.3, 0.4) is 0 Å². The molecule has 6 heteroatoms. The summed E-state index contributed by atoms with van der Waals surface area (Å²) in [6.07, 6.45) is 6.67. The van der Waals surface area contributed by atoms with Crippen molar-refractivity contribution in [3.8, 4) is 5.75 Å². The number of hydrogen-bond acceptors (Lipinski definition) is 3. The maximum absolute atomic E-state index is 11.3. The summed E-state index contributed by atoms with van der Waals surface area (Å²) in [4.78, 5) is 16.2. The van der Waals surface area contributed by atoms with E-state index in [9.17, 15) is 4.79 Å². The van der Waals surface area contributed by atoms with Crippen molar-refractivity contribution in [1.82, 2.24) is 14.9 Å². The second-order valence-electron chi connectivity index (χ2n) is 8.61. The molecule has 0 unspecified atom stereocenters. The Morgan fingerprint density at radius 3 is 2.58 bits per heavy atom. The van der Waals surface area contributed by atoms with Gasteiger partial charge in [0.2, 0.25) is 5.91 Å². The Morgan fingerprint density at radius 1 is 1.06 bits per heavy atom. The van der Waals surface area contributed by atoms with Crippen molar-refractivity contribution in [2.75, 3.05) is 13.2 Å². The van der Waals surface area contributed by atoms with Gasteiger partial charge in [-0.15, -0.1) is 0 Å². The molecule has 2 aromatic carbocycles. The third kappa shape index (κ3) is 7.23. The van der Waals surface area contributed by atoms with E-state index in [4.69, 9.17) is 21.3 Å². The topological polar surface area (TPSA) is 56.2 Å². The molecule has 1 aromatic heterocycles. The van der Waals surface area contributed by atoms with E-state index in [-0.39, 0.29) is 5.91 Å². The van der Waals surface area contributed by atoms with Gasteiger partial charge in [-0.3, -0.25) is 4.79 Å². The Balaban J connectivity index is 1.49. The lowest BCUT2D eigenvalue weighted by molar-refractivity contribution is -0.120. The van der Waals surface area contributed by atoms with Crippen molar-refractivity contribution in [3.63, 3.8) is 0 Å². The normalized spacial score (nSPS) is 11.2. The molecule has 0 atom stereocenters. The molecule has 0 saturated carbocycles. The zero-order chi connectivity index (χ0) is 23.6. The standard InChI is InChI=1S/C27H36ClN3O2/c1-4-26(32)29-15-9-5-6-14-25-30-23-12-7-8-13-24(23)31(25)16-10-11-17-33-22-18-20(2)27(28)21(3)19-22/h7-8,12-13,18-19H,4-6,9-11,14-17H2,1-3H3,(H,29,32). The number of fused-ring (bicyclic) bond motifs is 1. The van der Waals surface area contributed by atoms with Crippen LogP contribution < -0.4 is 10.1 Å². The van der Waals surface area contributed by atoms with Crippen LogP contribution in [0, 0.1) is 13.8 Å². The lowest BCUT2D eigenvalue weighted by Crippen LogP contribution is -2.23. The molecule has 3 aromatic rings. The van der Waals surface area contributed by atoms with E-state index in [1.54, 1.807) is 0 Å². The van der Waals surface area contributed by atoms with Gasteiger partial charge in [0.05, 0.1) is 17.6 Å². The quantitative estimate of drug-likeness (QED) is 0.294. The van der Waals surface area contributed by atoms with Gasteiger partial charge >= 0.3 is 0 Å². The van der Waals surface area contributed by atoms with Gasteiger partial charge in [0.1, 0.15) is 11.6 Å². The van der Waals surface area contributed by atoms with E-state index >= 15 is 0 Å². The Hall–Kier alpha value is -2.53. The minimum atomic E-state index is 0.127. The highest BCUT2D eigenvalue weighted by Crippen LogP contribution is 2.26. The number of rotatable bonds is 13. The molecule has 3 rings (SSSR count). The van der Waals surface area contributed by atoms with E-state index in [2.05, 4.69) is 28.1 Å². The van der Waals surface area contributed by atoms with Gasteiger partial charge < -0.3 is 14.6 Å². The molecular weight excluding hydrogens is 434 g/mol. The summed E-state index contributed by atoms with van der Waals surface area (Å²) in [7, 11) is 0. The number of aromatic nitrogens is 2. The smallest absolute Gasteiger partial charge is 0.219 e. The van der Waals surface area contributed by atoms with Crippen LogP contribution in [-0.2, 0) is 17.8 Å². The van der Waals surface area contributed by atoms with E-state index in [0.29, 0.717) is 13.0 Å². The van der Waals surface area contributed by atoms with Crippen LogP contribution in [0.15, 0.2) is 36.4 Å². The van der Waals surface area contributed by atoms with Crippen LogP contribution in [0.25, 0.3) is 11.0 Å². The van der Waals surface area contributed by atoms with Crippen molar-refractivity contribution < 1.29 is 9.53 Å². The highest BCUT2D eigenvalue weighted by molar-refractivity contribution is 6.32. The molecule has 1 amide bonds. The zero-order valence-corrected chi connectivity index (χ0v) is 20.9. The number of carbonyl (C=O) groups is 1. The minimum absolute atomic E-state index is 0.127. The SMILES string of the molecule is CCC(=O)NCCCCCc1nc2ccccc2n1CCCCOc1cc(C)c(Cl)c(C)c1. The van der Waals surface area contributed by atoms with Crippen molar-refractivity contribution >= 4 is 28.5 Å². The third-order valence-electron chi connectivity index (χ3n) is 5.91. The van der Waals surface area contributed by atoms with Crippen LogP contribution >= 0.6 is 11.6 Å². The predicted octanol–water partition coefficient (Wildman–Crippen LogP) is 6.40. The number of nitrogens with zero attached hydrogens (tertiary/aromatic N) is 2. The summed E-state index contributed by atoms with van der Waals surface area (Å²) in [6, 6.07) is 12.4. The summed E-state index contributed by atoms with van der Waals surface area (Å²) in [5.41, 5.74) is 4.36. The second-order valence-corrected chi connectivity index (χ2v) is 8.99. The van der Waals surface area contributed by atoms with Gasteiger partial charge in [0.15, 0.2) is 0 Å². The third-order valence-corrected chi connectivity index (χ3v) is 6.50. The lowest BCUT2D eigenvalue weighted by Gasteiger charge is -2.12. The molecule has 1 heterocycles. The fourth-order valence-corrected chi connectivity index (χ4v) is 4.16. The number of imidazole rings is 1. The van der Waals surface area contributed by atoms with E-state index in [1.807, 2.05) is 39.0 Å². The van der Waals surface area contributed by atoms with Gasteiger partial charge in [0.25, 0.3) is 0 Å². The largest absolute Gasteiger partial charge is 0.494 e. The summed E-state index contributed by atoms with van der Waals surface area (Å²) >= 11 is 6.25. The maximum atomic E-state index is 11.3. The molecule has 1 N–H and O–H groups in total. The average molecular weight is 470 g/mol. The van der Waals surface area contributed by atoms with Crippen LogP contribution in [0.4, 0.5) is 0 Å². The van der Waals surface area contributed by atoms with Crippen LogP contribution in [0.1, 0.15) is 62.4 Å². The van der Waals surface area contributed by atoms with E-state index in [1.165, 1.54) is 5.52 Å². The first kappa shape index (κ1) is 25.1. The van der Waals surface area contributed by atoms with Crippen molar-refractivity contribution in [2.45, 2.75) is 72.3 Å². The van der Waals surface area contributed by atoms with Crippen LogP contribution in [0.2, 0.25) is 5.02 Å². The Bertz CT molecular complexity index is 1040. The number of halogens is 1. The van der Waals surface area contributed by atoms with Gasteiger partial charge in [-0.1, -0.05) is 37.1 Å². The molecule has 0 spiro atoms. The Morgan fingerprint density at radius 2 is 1.82 bits per heavy atom. The summed E-state index contributed by atoms with van der Waals surface area (Å²) < 4.78 is 8.34. The monoisotopic (exact) mass is 469 g/mol. The van der Waals surface area contributed by atoms with E-state index in [0.717, 1.165) is 84.9 Å². The molecule has 5 nitrogen and oxygen atoms in total. The van der Waals surface area contributed by atoms with Crippen molar-refractivity contribution in [1.29, 1.82) is 0 Å². The molecule has 0 aliphatic rings. The molecule has 0 radical (unpaired) electrons. The lowest BCUT2D eigenvalue weighted by atomic mass is 10.1. The second kappa shape index (κ2) is 12.6. The van der Waals surface area contributed by atoms with Crippen LogP contribution in [-0.4, -0.2) is 28.6 Å². The fraction of sp³-hybridized carbons (Fsp3) is 0.481. The van der Waals surface area contributed by atoms with Crippen molar-refractivity contribution in [3.05, 3.63) is 58.4 Å². The number of nitrogens with one attached hydrogen (secondary N) is 1. The highest BCUT2D eigenvalue weighted by atomic mass is 35.5. The summed E-state index contributed by atoms with van der Waals surface area (Å²) in [5.74, 6) is 2.17. The number of amides is 1. The number of benzene rings is 2. The highest BCUT2D eigenvalue weighted by Gasteiger charge is 2.10. The first-order chi connectivity index (χ1) is 16.0. The maximum Gasteiger partial charge on any atom is 0.219 e. The molecule has 178 valence electrons. The Labute approximate surface area is 202 Å². The number of unbranched alkanes of at least 4 members (excludes halogenated alkanes) is 3. The molecule has 0 bridgehead atoms. The molecule has 0 aliphatic heterocycles.